The Labute approximate surface area is 111 Å². The second-order valence-electron chi connectivity index (χ2n) is 5.11. The number of benzene rings is 1. The SMILES string of the molecule is Cc1ccccc1Cn1ncc(C(=O)O)c1C1CC1. The van der Waals surface area contributed by atoms with E-state index in [1.807, 2.05) is 16.8 Å². The molecule has 0 bridgehead atoms. The summed E-state index contributed by atoms with van der Waals surface area (Å²) in [7, 11) is 0. The van der Waals surface area contributed by atoms with Crippen LogP contribution in [0.2, 0.25) is 0 Å². The van der Waals surface area contributed by atoms with Crippen LogP contribution >= 0.6 is 0 Å². The molecule has 0 spiro atoms. The Kier molecular flexibility index (Phi) is 2.85. The molecule has 0 saturated heterocycles. The largest absolute Gasteiger partial charge is 0.478 e. The molecule has 1 fully saturated rings. The summed E-state index contributed by atoms with van der Waals surface area (Å²) in [5.74, 6) is -0.504. The van der Waals surface area contributed by atoms with Crippen molar-refractivity contribution >= 4 is 5.97 Å². The van der Waals surface area contributed by atoms with Crippen molar-refractivity contribution in [1.82, 2.24) is 9.78 Å². The number of rotatable bonds is 4. The van der Waals surface area contributed by atoms with E-state index in [-0.39, 0.29) is 0 Å². The second-order valence-corrected chi connectivity index (χ2v) is 5.11. The lowest BCUT2D eigenvalue weighted by Gasteiger charge is -2.10. The summed E-state index contributed by atoms with van der Waals surface area (Å²) in [6, 6.07) is 8.13. The lowest BCUT2D eigenvalue weighted by molar-refractivity contribution is 0.0695. The Morgan fingerprint density at radius 1 is 1.42 bits per heavy atom. The van der Waals surface area contributed by atoms with Gasteiger partial charge in [0.1, 0.15) is 5.56 Å². The summed E-state index contributed by atoms with van der Waals surface area (Å²) >= 11 is 0. The number of hydrogen-bond acceptors (Lipinski definition) is 2. The maximum Gasteiger partial charge on any atom is 0.339 e. The number of aromatic carboxylic acids is 1. The molecule has 4 heteroatoms. The van der Waals surface area contributed by atoms with E-state index >= 15 is 0 Å². The molecule has 1 aliphatic carbocycles. The highest BCUT2D eigenvalue weighted by Crippen LogP contribution is 2.41. The van der Waals surface area contributed by atoms with E-state index in [1.54, 1.807) is 0 Å². The van der Waals surface area contributed by atoms with Crippen LogP contribution < -0.4 is 0 Å². The minimum Gasteiger partial charge on any atom is -0.478 e. The molecule has 1 aromatic heterocycles. The quantitative estimate of drug-likeness (QED) is 0.915. The average Bonchev–Trinajstić information content (AvgIpc) is 3.13. The number of hydrogen-bond donors (Lipinski definition) is 1. The predicted molar refractivity (Wildman–Crippen MR) is 71.4 cm³/mol. The molecule has 2 aromatic rings. The van der Waals surface area contributed by atoms with Crippen molar-refractivity contribution in [2.24, 2.45) is 0 Å². The van der Waals surface area contributed by atoms with Gasteiger partial charge in [0.15, 0.2) is 0 Å². The molecule has 1 aromatic carbocycles. The zero-order valence-electron chi connectivity index (χ0n) is 10.8. The Balaban J connectivity index is 1.97. The minimum absolute atomic E-state index is 0.357. The first-order valence-electron chi connectivity index (χ1n) is 6.50. The van der Waals surface area contributed by atoms with Gasteiger partial charge in [-0.25, -0.2) is 4.79 Å². The smallest absolute Gasteiger partial charge is 0.339 e. The highest BCUT2D eigenvalue weighted by molar-refractivity contribution is 5.89. The molecule has 1 aliphatic rings. The molecule has 0 amide bonds. The van der Waals surface area contributed by atoms with Crippen molar-refractivity contribution in [2.75, 3.05) is 0 Å². The van der Waals surface area contributed by atoms with E-state index in [0.717, 1.165) is 18.5 Å². The van der Waals surface area contributed by atoms with Crippen LogP contribution in [0.1, 0.15) is 45.9 Å². The van der Waals surface area contributed by atoms with E-state index in [4.69, 9.17) is 0 Å². The molecule has 0 aliphatic heterocycles. The lowest BCUT2D eigenvalue weighted by atomic mass is 10.1. The molecule has 1 saturated carbocycles. The van der Waals surface area contributed by atoms with Gasteiger partial charge < -0.3 is 5.11 Å². The number of carboxylic acid groups (broad SMARTS) is 1. The summed E-state index contributed by atoms with van der Waals surface area (Å²) in [5, 5.41) is 13.5. The van der Waals surface area contributed by atoms with Crippen molar-refractivity contribution in [1.29, 1.82) is 0 Å². The Hall–Kier alpha value is -2.10. The molecule has 3 rings (SSSR count). The highest BCUT2D eigenvalue weighted by atomic mass is 16.4. The van der Waals surface area contributed by atoms with Crippen LogP contribution in [-0.4, -0.2) is 20.9 Å². The van der Waals surface area contributed by atoms with Gasteiger partial charge in [-0.15, -0.1) is 0 Å². The van der Waals surface area contributed by atoms with Crippen molar-refractivity contribution in [3.05, 3.63) is 52.8 Å². The molecule has 1 N–H and O–H groups in total. The van der Waals surface area contributed by atoms with E-state index in [2.05, 4.69) is 24.2 Å². The molecule has 0 atom stereocenters. The Bertz CT molecular complexity index is 627. The van der Waals surface area contributed by atoms with Crippen molar-refractivity contribution in [3.8, 4) is 0 Å². The number of aryl methyl sites for hydroxylation is 1. The van der Waals surface area contributed by atoms with Crippen molar-refractivity contribution in [2.45, 2.75) is 32.2 Å². The summed E-state index contributed by atoms with van der Waals surface area (Å²) < 4.78 is 1.85. The fourth-order valence-electron chi connectivity index (χ4n) is 2.42. The summed E-state index contributed by atoms with van der Waals surface area (Å²) in [6.07, 6.45) is 3.62. The number of carboxylic acids is 1. The average molecular weight is 256 g/mol. The van der Waals surface area contributed by atoms with Crippen LogP contribution in [-0.2, 0) is 6.54 Å². The summed E-state index contributed by atoms with van der Waals surface area (Å²) in [6.45, 7) is 2.71. The van der Waals surface area contributed by atoms with E-state index in [0.29, 0.717) is 18.0 Å². The molecule has 1 heterocycles. The second kappa shape index (κ2) is 4.53. The maximum atomic E-state index is 11.2. The standard InChI is InChI=1S/C15H16N2O2/c1-10-4-2-3-5-12(10)9-17-14(11-6-7-11)13(8-16-17)15(18)19/h2-5,8,11H,6-7,9H2,1H3,(H,18,19). The van der Waals surface area contributed by atoms with Gasteiger partial charge in [-0.05, 0) is 30.9 Å². The summed E-state index contributed by atoms with van der Waals surface area (Å²) in [4.78, 5) is 11.2. The first-order valence-corrected chi connectivity index (χ1v) is 6.50. The fourth-order valence-corrected chi connectivity index (χ4v) is 2.42. The van der Waals surface area contributed by atoms with Gasteiger partial charge >= 0.3 is 5.97 Å². The van der Waals surface area contributed by atoms with Gasteiger partial charge in [0.05, 0.1) is 18.4 Å². The molecular formula is C15H16N2O2. The first kappa shape index (κ1) is 12.0. The van der Waals surface area contributed by atoms with Gasteiger partial charge in [-0.1, -0.05) is 24.3 Å². The van der Waals surface area contributed by atoms with Crippen LogP contribution in [0, 0.1) is 6.92 Å². The molecule has 4 nitrogen and oxygen atoms in total. The Morgan fingerprint density at radius 3 is 2.79 bits per heavy atom. The first-order chi connectivity index (χ1) is 9.16. The normalized spacial score (nSPS) is 14.6. The molecule has 98 valence electrons. The molecule has 19 heavy (non-hydrogen) atoms. The zero-order valence-corrected chi connectivity index (χ0v) is 10.8. The van der Waals surface area contributed by atoms with Crippen LogP contribution in [0.15, 0.2) is 30.5 Å². The van der Waals surface area contributed by atoms with Gasteiger partial charge in [0.2, 0.25) is 0 Å². The third-order valence-electron chi connectivity index (χ3n) is 3.66. The van der Waals surface area contributed by atoms with Crippen LogP contribution in [0.4, 0.5) is 0 Å². The van der Waals surface area contributed by atoms with Crippen LogP contribution in [0.25, 0.3) is 0 Å². The monoisotopic (exact) mass is 256 g/mol. The minimum atomic E-state index is -0.877. The topological polar surface area (TPSA) is 55.1 Å². The molecular weight excluding hydrogens is 240 g/mol. The maximum absolute atomic E-state index is 11.2. The van der Waals surface area contributed by atoms with Crippen molar-refractivity contribution in [3.63, 3.8) is 0 Å². The number of nitrogens with zero attached hydrogens (tertiary/aromatic N) is 2. The third kappa shape index (κ3) is 2.26. The Morgan fingerprint density at radius 2 is 2.16 bits per heavy atom. The highest BCUT2D eigenvalue weighted by Gasteiger charge is 2.32. The number of carbonyl (C=O) groups is 1. The zero-order chi connectivity index (χ0) is 13.4. The van der Waals surface area contributed by atoms with E-state index in [9.17, 15) is 9.90 Å². The van der Waals surface area contributed by atoms with Gasteiger partial charge in [-0.2, -0.15) is 5.10 Å². The fraction of sp³-hybridized carbons (Fsp3) is 0.333. The summed E-state index contributed by atoms with van der Waals surface area (Å²) in [5.41, 5.74) is 3.63. The molecule has 0 radical (unpaired) electrons. The van der Waals surface area contributed by atoms with E-state index < -0.39 is 5.97 Å². The van der Waals surface area contributed by atoms with Crippen LogP contribution in [0.3, 0.4) is 0 Å². The lowest BCUT2D eigenvalue weighted by Crippen LogP contribution is -2.09. The van der Waals surface area contributed by atoms with Gasteiger partial charge in [0.25, 0.3) is 0 Å². The van der Waals surface area contributed by atoms with E-state index in [1.165, 1.54) is 17.3 Å². The van der Waals surface area contributed by atoms with Crippen molar-refractivity contribution < 1.29 is 9.90 Å². The molecule has 0 unspecified atom stereocenters. The third-order valence-corrected chi connectivity index (χ3v) is 3.66. The van der Waals surface area contributed by atoms with Crippen LogP contribution in [0.5, 0.6) is 0 Å². The predicted octanol–water partition coefficient (Wildman–Crippen LogP) is 2.82. The van der Waals surface area contributed by atoms with Gasteiger partial charge in [-0.3, -0.25) is 4.68 Å². The number of aromatic nitrogens is 2. The van der Waals surface area contributed by atoms with Gasteiger partial charge in [0, 0.05) is 5.92 Å².